The van der Waals surface area contributed by atoms with Crippen molar-refractivity contribution in [2.45, 2.75) is 26.3 Å². The Bertz CT molecular complexity index is 1260. The molecule has 3 N–H and O–H groups in total. The highest BCUT2D eigenvalue weighted by Gasteiger charge is 2.26. The molecule has 2 heterocycles. The Kier molecular flexibility index (Phi) is 5.37. The van der Waals surface area contributed by atoms with Crippen LogP contribution in [0.4, 0.5) is 5.82 Å². The van der Waals surface area contributed by atoms with E-state index in [-0.39, 0.29) is 17.8 Å². The fraction of sp³-hybridized carbons (Fsp3) is 0.261. The Balaban J connectivity index is 2.04. The van der Waals surface area contributed by atoms with Crippen LogP contribution in [0.5, 0.6) is 11.5 Å². The number of hydrogen-bond donors (Lipinski definition) is 2. The summed E-state index contributed by atoms with van der Waals surface area (Å²) in [7, 11) is 3.15. The minimum atomic E-state index is -0.282. The molecule has 1 amide bonds. The zero-order chi connectivity index (χ0) is 22.1. The number of hydrogen-bond acceptors (Lipinski definition) is 6. The molecule has 0 fully saturated rings. The normalized spacial score (nSPS) is 12.1. The first-order chi connectivity index (χ1) is 15.0. The molecule has 0 unspecified atom stereocenters. The smallest absolute Gasteiger partial charge is 0.257 e. The van der Waals surface area contributed by atoms with Gasteiger partial charge in [-0.2, -0.15) is 0 Å². The lowest BCUT2D eigenvalue weighted by Crippen LogP contribution is -2.32. The van der Waals surface area contributed by atoms with Crippen LogP contribution < -0.4 is 20.5 Å². The highest BCUT2D eigenvalue weighted by Crippen LogP contribution is 2.34. The van der Waals surface area contributed by atoms with E-state index < -0.39 is 0 Å². The molecule has 8 nitrogen and oxygen atoms in total. The molecule has 8 heteroatoms. The Labute approximate surface area is 180 Å². The molecule has 0 saturated carbocycles. The summed E-state index contributed by atoms with van der Waals surface area (Å²) in [5, 5.41) is 2.99. The van der Waals surface area contributed by atoms with Crippen molar-refractivity contribution in [1.82, 2.24) is 19.9 Å². The number of benzene rings is 2. The number of para-hydroxylation sites is 2. The quantitative estimate of drug-likeness (QED) is 0.494. The topological polar surface area (TPSA) is 104 Å². The van der Waals surface area contributed by atoms with Gasteiger partial charge in [0.1, 0.15) is 28.4 Å². The summed E-state index contributed by atoms with van der Waals surface area (Å²) in [5.41, 5.74) is 9.84. The molecule has 2 aromatic carbocycles. The standard InChI is InChI=1S/C23H25N5O3/c1-5-13(2)25-23(29)19-20-22(27-18-9-7-6-8-17(18)26-20)28(21(19)24)14-10-15(30-3)12-16(11-14)31-4/h6-13H,5,24H2,1-4H3,(H,25,29)/t13-/m1/s1. The molecule has 4 rings (SSSR count). The monoisotopic (exact) mass is 419 g/mol. The molecule has 0 aliphatic carbocycles. The van der Waals surface area contributed by atoms with Crippen molar-refractivity contribution in [1.29, 1.82) is 0 Å². The Morgan fingerprint density at radius 2 is 1.71 bits per heavy atom. The number of ether oxygens (including phenoxy) is 2. The van der Waals surface area contributed by atoms with Crippen LogP contribution in [0.15, 0.2) is 42.5 Å². The number of rotatable bonds is 6. The zero-order valence-electron chi connectivity index (χ0n) is 18.0. The first-order valence-electron chi connectivity index (χ1n) is 10.1. The average Bonchev–Trinajstić information content (AvgIpc) is 3.07. The summed E-state index contributed by atoms with van der Waals surface area (Å²) in [6, 6.07) is 12.9. The summed E-state index contributed by atoms with van der Waals surface area (Å²) in [5.74, 6) is 1.15. The van der Waals surface area contributed by atoms with Crippen LogP contribution in [0.25, 0.3) is 27.9 Å². The zero-order valence-corrected chi connectivity index (χ0v) is 18.0. The molecule has 0 aliphatic heterocycles. The molecular weight excluding hydrogens is 394 g/mol. The first-order valence-corrected chi connectivity index (χ1v) is 10.1. The van der Waals surface area contributed by atoms with E-state index in [0.717, 1.165) is 6.42 Å². The van der Waals surface area contributed by atoms with Gasteiger partial charge in [0.2, 0.25) is 0 Å². The van der Waals surface area contributed by atoms with Gasteiger partial charge >= 0.3 is 0 Å². The maximum absolute atomic E-state index is 13.2. The van der Waals surface area contributed by atoms with Crippen LogP contribution in [-0.2, 0) is 0 Å². The third-order valence-corrected chi connectivity index (χ3v) is 5.31. The minimum Gasteiger partial charge on any atom is -0.497 e. The van der Waals surface area contributed by atoms with Gasteiger partial charge in [-0.15, -0.1) is 0 Å². The molecule has 160 valence electrons. The molecule has 0 spiro atoms. The van der Waals surface area contributed by atoms with Crippen molar-refractivity contribution in [3.63, 3.8) is 0 Å². The van der Waals surface area contributed by atoms with E-state index in [2.05, 4.69) is 5.32 Å². The number of carbonyl (C=O) groups excluding carboxylic acids is 1. The third-order valence-electron chi connectivity index (χ3n) is 5.31. The number of anilines is 1. The van der Waals surface area contributed by atoms with Gasteiger partial charge < -0.3 is 20.5 Å². The van der Waals surface area contributed by atoms with Crippen molar-refractivity contribution in [2.24, 2.45) is 0 Å². The SMILES string of the molecule is CC[C@@H](C)NC(=O)c1c(N)n(-c2cc(OC)cc(OC)c2)c2nc3ccccc3nc12. The van der Waals surface area contributed by atoms with Gasteiger partial charge in [0.15, 0.2) is 5.65 Å². The second-order valence-corrected chi connectivity index (χ2v) is 7.33. The van der Waals surface area contributed by atoms with Crippen LogP contribution in [0, 0.1) is 0 Å². The number of nitrogen functional groups attached to an aromatic ring is 1. The fourth-order valence-electron chi connectivity index (χ4n) is 3.47. The second-order valence-electron chi connectivity index (χ2n) is 7.33. The number of nitrogens with two attached hydrogens (primary N) is 1. The molecule has 0 aliphatic rings. The molecule has 1 atom stereocenters. The highest BCUT2D eigenvalue weighted by atomic mass is 16.5. The van der Waals surface area contributed by atoms with Gasteiger partial charge in [-0.05, 0) is 25.5 Å². The maximum atomic E-state index is 13.2. The van der Waals surface area contributed by atoms with Crippen LogP contribution in [-0.4, -0.2) is 40.7 Å². The van der Waals surface area contributed by atoms with Gasteiger partial charge in [0.25, 0.3) is 5.91 Å². The number of amides is 1. The van der Waals surface area contributed by atoms with E-state index >= 15 is 0 Å². The van der Waals surface area contributed by atoms with E-state index in [1.165, 1.54) is 0 Å². The molecular formula is C23H25N5O3. The second kappa shape index (κ2) is 8.14. The van der Waals surface area contributed by atoms with Crippen molar-refractivity contribution in [3.8, 4) is 17.2 Å². The summed E-state index contributed by atoms with van der Waals surface area (Å²) in [6.07, 6.45) is 0.798. The number of nitrogens with one attached hydrogen (secondary N) is 1. The van der Waals surface area contributed by atoms with Crippen molar-refractivity contribution < 1.29 is 14.3 Å². The number of aromatic nitrogens is 3. The highest BCUT2D eigenvalue weighted by molar-refractivity contribution is 6.11. The van der Waals surface area contributed by atoms with Crippen LogP contribution in [0.3, 0.4) is 0 Å². The van der Waals surface area contributed by atoms with Gasteiger partial charge in [-0.3, -0.25) is 9.36 Å². The molecule has 0 bridgehead atoms. The lowest BCUT2D eigenvalue weighted by molar-refractivity contribution is 0.0941. The van der Waals surface area contributed by atoms with E-state index in [1.54, 1.807) is 24.9 Å². The Morgan fingerprint density at radius 3 is 2.29 bits per heavy atom. The van der Waals surface area contributed by atoms with Crippen molar-refractivity contribution >= 4 is 33.9 Å². The molecule has 4 aromatic rings. The van der Waals surface area contributed by atoms with E-state index in [0.29, 0.717) is 44.9 Å². The lowest BCUT2D eigenvalue weighted by Gasteiger charge is -2.13. The molecule has 31 heavy (non-hydrogen) atoms. The number of carbonyl (C=O) groups is 1. The molecule has 0 radical (unpaired) electrons. The van der Waals surface area contributed by atoms with Gasteiger partial charge in [0, 0.05) is 24.2 Å². The third kappa shape index (κ3) is 3.61. The van der Waals surface area contributed by atoms with E-state index in [4.69, 9.17) is 25.2 Å². The fourth-order valence-corrected chi connectivity index (χ4v) is 3.47. The van der Waals surface area contributed by atoms with Crippen LogP contribution in [0.1, 0.15) is 30.6 Å². The Hall–Kier alpha value is -3.81. The lowest BCUT2D eigenvalue weighted by atomic mass is 10.2. The summed E-state index contributed by atoms with van der Waals surface area (Å²) < 4.78 is 12.5. The predicted molar refractivity (Wildman–Crippen MR) is 121 cm³/mol. The predicted octanol–water partition coefficient (Wildman–Crippen LogP) is 3.70. The summed E-state index contributed by atoms with van der Waals surface area (Å²) >= 11 is 0. The molecule has 0 saturated heterocycles. The number of methoxy groups -OCH3 is 2. The number of fused-ring (bicyclic) bond motifs is 2. The van der Waals surface area contributed by atoms with Gasteiger partial charge in [0.05, 0.1) is 30.9 Å². The van der Waals surface area contributed by atoms with E-state index in [9.17, 15) is 4.79 Å². The van der Waals surface area contributed by atoms with Crippen molar-refractivity contribution in [2.75, 3.05) is 20.0 Å². The van der Waals surface area contributed by atoms with Crippen LogP contribution in [0.2, 0.25) is 0 Å². The maximum Gasteiger partial charge on any atom is 0.257 e. The summed E-state index contributed by atoms with van der Waals surface area (Å²) in [4.78, 5) is 22.7. The average molecular weight is 419 g/mol. The number of nitrogens with zero attached hydrogens (tertiary/aromatic N) is 3. The molecule has 2 aromatic heterocycles. The Morgan fingerprint density at radius 1 is 1.10 bits per heavy atom. The van der Waals surface area contributed by atoms with Crippen molar-refractivity contribution in [3.05, 3.63) is 48.0 Å². The van der Waals surface area contributed by atoms with Gasteiger partial charge in [-0.1, -0.05) is 19.1 Å². The largest absolute Gasteiger partial charge is 0.497 e. The minimum absolute atomic E-state index is 0.00405. The first kappa shape index (κ1) is 20.5. The summed E-state index contributed by atoms with van der Waals surface area (Å²) in [6.45, 7) is 3.95. The van der Waals surface area contributed by atoms with Crippen LogP contribution >= 0.6 is 0 Å². The van der Waals surface area contributed by atoms with E-state index in [1.807, 2.05) is 50.2 Å². The van der Waals surface area contributed by atoms with Gasteiger partial charge in [-0.25, -0.2) is 9.97 Å².